The molecule has 26 heavy (non-hydrogen) atoms. The number of nitrogens with one attached hydrogen (secondary N) is 1. The van der Waals surface area contributed by atoms with E-state index in [0.717, 1.165) is 22.8 Å². The number of carbonyl (C=O) groups is 1. The molecule has 0 aliphatic carbocycles. The fourth-order valence-electron chi connectivity index (χ4n) is 2.92. The highest BCUT2D eigenvalue weighted by Crippen LogP contribution is 2.34. The molecule has 0 spiro atoms. The number of anilines is 1. The van der Waals surface area contributed by atoms with Gasteiger partial charge < -0.3 is 13.9 Å². The lowest BCUT2D eigenvalue weighted by Gasteiger charge is -2.30. The van der Waals surface area contributed by atoms with Crippen molar-refractivity contribution in [2.45, 2.75) is 33.0 Å². The molecule has 1 aliphatic heterocycles. The second-order valence-electron chi connectivity index (χ2n) is 6.16. The third-order valence-corrected chi connectivity index (χ3v) is 4.91. The molecule has 0 unspecified atom stereocenters. The zero-order chi connectivity index (χ0) is 18.3. The topological polar surface area (TPSA) is 73.6 Å². The first-order valence-corrected chi connectivity index (χ1v) is 9.15. The Labute approximate surface area is 154 Å². The average Bonchev–Trinajstić information content (AvgIpc) is 3.19. The summed E-state index contributed by atoms with van der Waals surface area (Å²) in [5.41, 5.74) is 1.71. The Balaban J connectivity index is 1.50. The van der Waals surface area contributed by atoms with E-state index in [2.05, 4.69) is 10.3 Å². The standard InChI is InChI=1S/C19H18N2O4S/c1-10-8-13(11(2)23-10)14-9-26-19(20-14)21-18(22)17-12(3)24-15-6-4-5-7-16(15)25-17/h4-9,12,17H,1-3H3,(H,20,21,22)/t12-,17-/m0/s1. The number of aryl methyl sites for hydroxylation is 2. The molecule has 2 aromatic heterocycles. The monoisotopic (exact) mass is 370 g/mol. The third-order valence-electron chi connectivity index (χ3n) is 4.15. The SMILES string of the molecule is Cc1cc(-c2csc(NC(=O)[C@H]3Oc4ccccc4O[C@H]3C)n2)c(C)o1. The minimum atomic E-state index is -0.741. The van der Waals surface area contributed by atoms with E-state index in [-0.39, 0.29) is 5.91 Å². The molecule has 0 saturated carbocycles. The number of ether oxygens (including phenoxy) is 2. The van der Waals surface area contributed by atoms with Crippen LogP contribution in [-0.2, 0) is 4.79 Å². The quantitative estimate of drug-likeness (QED) is 0.748. The van der Waals surface area contributed by atoms with Crippen LogP contribution >= 0.6 is 11.3 Å². The summed E-state index contributed by atoms with van der Waals surface area (Å²) in [7, 11) is 0. The van der Waals surface area contributed by atoms with E-state index in [9.17, 15) is 4.79 Å². The van der Waals surface area contributed by atoms with Gasteiger partial charge in [-0.05, 0) is 39.0 Å². The predicted octanol–water partition coefficient (Wildman–Crippen LogP) is 4.19. The molecule has 134 valence electrons. The zero-order valence-corrected chi connectivity index (χ0v) is 15.4. The Morgan fingerprint density at radius 1 is 1.19 bits per heavy atom. The molecule has 4 rings (SSSR count). The number of aromatic nitrogens is 1. The first kappa shape index (κ1) is 16.7. The number of hydrogen-bond donors (Lipinski definition) is 1. The lowest BCUT2D eigenvalue weighted by molar-refractivity contribution is -0.128. The van der Waals surface area contributed by atoms with Gasteiger partial charge in [0.05, 0.1) is 5.69 Å². The number of furan rings is 1. The molecular formula is C19H18N2O4S. The summed E-state index contributed by atoms with van der Waals surface area (Å²) in [5.74, 6) is 2.56. The molecule has 0 radical (unpaired) electrons. The van der Waals surface area contributed by atoms with Crippen molar-refractivity contribution >= 4 is 22.4 Å². The Kier molecular flexibility index (Phi) is 4.16. The summed E-state index contributed by atoms with van der Waals surface area (Å²) in [6.45, 7) is 5.60. The fraction of sp³-hybridized carbons (Fsp3) is 0.263. The second-order valence-corrected chi connectivity index (χ2v) is 7.02. The fourth-order valence-corrected chi connectivity index (χ4v) is 3.64. The van der Waals surface area contributed by atoms with Crippen molar-refractivity contribution in [2.75, 3.05) is 5.32 Å². The number of amides is 1. The molecule has 0 fully saturated rings. The normalized spacial score (nSPS) is 18.6. The van der Waals surface area contributed by atoms with Crippen molar-refractivity contribution in [1.82, 2.24) is 4.98 Å². The molecule has 1 aromatic carbocycles. The number of fused-ring (bicyclic) bond motifs is 1. The maximum atomic E-state index is 12.6. The second kappa shape index (κ2) is 6.49. The van der Waals surface area contributed by atoms with Gasteiger partial charge in [-0.1, -0.05) is 12.1 Å². The van der Waals surface area contributed by atoms with Gasteiger partial charge >= 0.3 is 0 Å². The largest absolute Gasteiger partial charge is 0.482 e. The predicted molar refractivity (Wildman–Crippen MR) is 98.9 cm³/mol. The van der Waals surface area contributed by atoms with E-state index in [4.69, 9.17) is 13.9 Å². The highest BCUT2D eigenvalue weighted by molar-refractivity contribution is 7.14. The van der Waals surface area contributed by atoms with Gasteiger partial charge in [-0.3, -0.25) is 10.1 Å². The van der Waals surface area contributed by atoms with Gasteiger partial charge in [0.2, 0.25) is 6.10 Å². The molecule has 1 aliphatic rings. The lowest BCUT2D eigenvalue weighted by Crippen LogP contribution is -2.46. The van der Waals surface area contributed by atoms with Crippen molar-refractivity contribution in [1.29, 1.82) is 0 Å². The van der Waals surface area contributed by atoms with Gasteiger partial charge in [-0.25, -0.2) is 4.98 Å². The van der Waals surface area contributed by atoms with Gasteiger partial charge in [0, 0.05) is 10.9 Å². The number of nitrogens with zero attached hydrogens (tertiary/aromatic N) is 1. The Morgan fingerprint density at radius 2 is 1.92 bits per heavy atom. The lowest BCUT2D eigenvalue weighted by atomic mass is 10.1. The van der Waals surface area contributed by atoms with E-state index in [1.165, 1.54) is 11.3 Å². The van der Waals surface area contributed by atoms with E-state index < -0.39 is 12.2 Å². The maximum Gasteiger partial charge on any atom is 0.271 e. The molecule has 1 amide bonds. The Bertz CT molecular complexity index is 962. The van der Waals surface area contributed by atoms with Crippen molar-refractivity contribution in [3.05, 3.63) is 47.2 Å². The minimum Gasteiger partial charge on any atom is -0.482 e. The van der Waals surface area contributed by atoms with Gasteiger partial charge in [0.1, 0.15) is 17.6 Å². The van der Waals surface area contributed by atoms with E-state index >= 15 is 0 Å². The number of hydrogen-bond acceptors (Lipinski definition) is 6. The van der Waals surface area contributed by atoms with Crippen molar-refractivity contribution in [3.63, 3.8) is 0 Å². The average molecular weight is 370 g/mol. The van der Waals surface area contributed by atoms with Crippen LogP contribution in [0.4, 0.5) is 5.13 Å². The van der Waals surface area contributed by atoms with Crippen LogP contribution in [0.3, 0.4) is 0 Å². The number of rotatable bonds is 3. The van der Waals surface area contributed by atoms with Crippen molar-refractivity contribution in [3.8, 4) is 22.8 Å². The Hall–Kier alpha value is -2.80. The first-order valence-electron chi connectivity index (χ1n) is 8.27. The molecule has 3 aromatic rings. The number of para-hydroxylation sites is 2. The summed E-state index contributed by atoms with van der Waals surface area (Å²) < 4.78 is 17.1. The number of benzene rings is 1. The number of thiazole rings is 1. The summed E-state index contributed by atoms with van der Waals surface area (Å²) >= 11 is 1.36. The van der Waals surface area contributed by atoms with Crippen LogP contribution in [0, 0.1) is 13.8 Å². The first-order chi connectivity index (χ1) is 12.5. The molecule has 6 nitrogen and oxygen atoms in total. The minimum absolute atomic E-state index is 0.284. The van der Waals surface area contributed by atoms with Gasteiger partial charge in [0.15, 0.2) is 16.6 Å². The van der Waals surface area contributed by atoms with Gasteiger partial charge in [0.25, 0.3) is 5.91 Å². The zero-order valence-electron chi connectivity index (χ0n) is 14.6. The summed E-state index contributed by atoms with van der Waals surface area (Å²) in [5, 5.41) is 5.23. The van der Waals surface area contributed by atoms with Gasteiger partial charge in [-0.15, -0.1) is 11.3 Å². The molecule has 2 atom stereocenters. The molecule has 3 heterocycles. The van der Waals surface area contributed by atoms with Crippen LogP contribution in [0.5, 0.6) is 11.5 Å². The van der Waals surface area contributed by atoms with Crippen LogP contribution in [0.1, 0.15) is 18.4 Å². The summed E-state index contributed by atoms with van der Waals surface area (Å²) in [6, 6.07) is 9.25. The van der Waals surface area contributed by atoms with Crippen LogP contribution in [0.25, 0.3) is 11.3 Å². The van der Waals surface area contributed by atoms with Crippen LogP contribution in [0.2, 0.25) is 0 Å². The smallest absolute Gasteiger partial charge is 0.271 e. The molecule has 7 heteroatoms. The van der Waals surface area contributed by atoms with E-state index in [1.807, 2.05) is 50.4 Å². The van der Waals surface area contributed by atoms with Crippen molar-refractivity contribution in [2.24, 2.45) is 0 Å². The highest BCUT2D eigenvalue weighted by Gasteiger charge is 2.34. The maximum absolute atomic E-state index is 12.6. The van der Waals surface area contributed by atoms with Gasteiger partial charge in [-0.2, -0.15) is 0 Å². The summed E-state index contributed by atoms with van der Waals surface area (Å²) in [4.78, 5) is 17.1. The molecular weight excluding hydrogens is 352 g/mol. The third kappa shape index (κ3) is 3.06. The van der Waals surface area contributed by atoms with Crippen molar-refractivity contribution < 1.29 is 18.7 Å². The van der Waals surface area contributed by atoms with Crippen LogP contribution in [-0.4, -0.2) is 23.1 Å². The molecule has 1 N–H and O–H groups in total. The van der Waals surface area contributed by atoms with E-state index in [0.29, 0.717) is 16.6 Å². The highest BCUT2D eigenvalue weighted by atomic mass is 32.1. The van der Waals surface area contributed by atoms with Crippen LogP contribution in [0.15, 0.2) is 40.1 Å². The Morgan fingerprint density at radius 3 is 2.62 bits per heavy atom. The molecule has 0 saturated heterocycles. The van der Waals surface area contributed by atoms with Crippen LogP contribution < -0.4 is 14.8 Å². The van der Waals surface area contributed by atoms with E-state index in [1.54, 1.807) is 6.07 Å². The number of carbonyl (C=O) groups excluding carboxylic acids is 1. The summed E-state index contributed by atoms with van der Waals surface area (Å²) in [6.07, 6.45) is -1.14. The molecule has 0 bridgehead atoms.